The van der Waals surface area contributed by atoms with Crippen LogP contribution in [0.1, 0.15) is 13.3 Å². The third-order valence-electron chi connectivity index (χ3n) is 2.51. The second-order valence-electron chi connectivity index (χ2n) is 3.48. The maximum Gasteiger partial charge on any atom is 0.419 e. The number of alkyl halides is 3. The number of rotatable bonds is 2. The Kier molecular flexibility index (Phi) is 3.13. The van der Waals surface area contributed by atoms with E-state index in [2.05, 4.69) is 0 Å². The third kappa shape index (κ3) is 2.17. The first-order chi connectivity index (χ1) is 6.82. The van der Waals surface area contributed by atoms with Crippen molar-refractivity contribution in [3.63, 3.8) is 0 Å². The smallest absolute Gasteiger partial charge is 0.370 e. The van der Waals surface area contributed by atoms with Crippen molar-refractivity contribution in [3.05, 3.63) is 0 Å². The Morgan fingerprint density at radius 1 is 1.60 bits per heavy atom. The summed E-state index contributed by atoms with van der Waals surface area (Å²) in [5.74, 6) is -0.346. The van der Waals surface area contributed by atoms with Crippen LogP contribution in [-0.2, 0) is 4.74 Å². The quantitative estimate of drug-likeness (QED) is 0.542. The van der Waals surface area contributed by atoms with Gasteiger partial charge in [-0.3, -0.25) is 5.41 Å². The van der Waals surface area contributed by atoms with Gasteiger partial charge in [0.25, 0.3) is 0 Å². The molecule has 3 N–H and O–H groups in total. The van der Waals surface area contributed by atoms with Gasteiger partial charge in [-0.2, -0.15) is 13.2 Å². The number of hydrogen-bond donors (Lipinski definition) is 2. The zero-order chi connectivity index (χ0) is 11.7. The van der Waals surface area contributed by atoms with Crippen molar-refractivity contribution in [1.29, 1.82) is 5.41 Å². The summed E-state index contributed by atoms with van der Waals surface area (Å²) in [5.41, 5.74) is 2.99. The summed E-state index contributed by atoms with van der Waals surface area (Å²) in [6.07, 6.45) is -4.60. The molecule has 0 spiro atoms. The molecule has 0 aromatic carbocycles. The van der Waals surface area contributed by atoms with Crippen LogP contribution in [0.5, 0.6) is 0 Å². The van der Waals surface area contributed by atoms with Crippen LogP contribution in [0, 0.1) is 5.41 Å². The summed E-state index contributed by atoms with van der Waals surface area (Å²) in [7, 11) is 0. The highest BCUT2D eigenvalue weighted by Crippen LogP contribution is 2.40. The zero-order valence-electron chi connectivity index (χ0n) is 8.40. The fraction of sp³-hybridized carbons (Fsp3) is 0.875. The van der Waals surface area contributed by atoms with E-state index in [1.807, 2.05) is 0 Å². The highest BCUT2D eigenvalue weighted by Gasteiger charge is 2.59. The van der Waals surface area contributed by atoms with Gasteiger partial charge in [0.1, 0.15) is 0 Å². The van der Waals surface area contributed by atoms with Crippen molar-refractivity contribution < 1.29 is 17.9 Å². The van der Waals surface area contributed by atoms with Gasteiger partial charge in [-0.25, -0.2) is 0 Å². The number of likely N-dealkylation sites (tertiary alicyclic amines) is 1. The lowest BCUT2D eigenvalue weighted by atomic mass is 10.0. The monoisotopic (exact) mass is 225 g/mol. The lowest BCUT2D eigenvalue weighted by molar-refractivity contribution is -0.270. The third-order valence-corrected chi connectivity index (χ3v) is 2.51. The largest absolute Gasteiger partial charge is 0.419 e. The van der Waals surface area contributed by atoms with Crippen molar-refractivity contribution in [1.82, 2.24) is 4.90 Å². The number of nitrogens with one attached hydrogen (secondary N) is 1. The minimum atomic E-state index is -4.42. The molecule has 4 nitrogen and oxygen atoms in total. The Morgan fingerprint density at radius 3 is 2.53 bits per heavy atom. The van der Waals surface area contributed by atoms with Crippen LogP contribution in [-0.4, -0.2) is 42.3 Å². The van der Waals surface area contributed by atoms with Gasteiger partial charge < -0.3 is 15.4 Å². The topological polar surface area (TPSA) is 62.3 Å². The first-order valence-corrected chi connectivity index (χ1v) is 4.62. The molecule has 1 heterocycles. The number of guanidine groups is 1. The number of nitrogens with zero attached hydrogens (tertiary/aromatic N) is 1. The molecule has 0 bridgehead atoms. The molecule has 15 heavy (non-hydrogen) atoms. The van der Waals surface area contributed by atoms with Crippen LogP contribution in [0.3, 0.4) is 0 Å². The number of ether oxygens (including phenoxy) is 1. The molecule has 1 saturated heterocycles. The SMILES string of the molecule is CCOC1(C(F)(F)F)CCN(C(=N)N)C1. The molecule has 1 unspecified atom stereocenters. The van der Waals surface area contributed by atoms with Gasteiger partial charge in [0.05, 0.1) is 6.54 Å². The molecule has 1 aliphatic heterocycles. The first kappa shape index (κ1) is 12.1. The molecule has 0 aromatic heterocycles. The molecular formula is C8H14F3N3O. The predicted molar refractivity (Wildman–Crippen MR) is 48.5 cm³/mol. The van der Waals surface area contributed by atoms with Crippen LogP contribution < -0.4 is 5.73 Å². The van der Waals surface area contributed by atoms with Crippen molar-refractivity contribution in [3.8, 4) is 0 Å². The van der Waals surface area contributed by atoms with Crippen LogP contribution >= 0.6 is 0 Å². The zero-order valence-corrected chi connectivity index (χ0v) is 8.40. The van der Waals surface area contributed by atoms with Crippen LogP contribution in [0.15, 0.2) is 0 Å². The van der Waals surface area contributed by atoms with Crippen molar-refractivity contribution >= 4 is 5.96 Å². The average molecular weight is 225 g/mol. The van der Waals surface area contributed by atoms with E-state index in [1.54, 1.807) is 0 Å². The second kappa shape index (κ2) is 3.88. The summed E-state index contributed by atoms with van der Waals surface area (Å²) in [6.45, 7) is 1.23. The molecule has 0 radical (unpaired) electrons. The Balaban J connectivity index is 2.83. The van der Waals surface area contributed by atoms with E-state index in [9.17, 15) is 13.2 Å². The van der Waals surface area contributed by atoms with E-state index >= 15 is 0 Å². The van der Waals surface area contributed by atoms with Crippen molar-refractivity contribution in [2.45, 2.75) is 25.1 Å². The van der Waals surface area contributed by atoms with Gasteiger partial charge in [-0.1, -0.05) is 0 Å². The molecule has 1 rings (SSSR count). The number of halogens is 3. The molecular weight excluding hydrogens is 211 g/mol. The molecule has 1 fully saturated rings. The summed E-state index contributed by atoms with van der Waals surface area (Å²) in [6, 6.07) is 0. The molecule has 0 aliphatic carbocycles. The Labute approximate surface area is 85.7 Å². The van der Waals surface area contributed by atoms with E-state index in [1.165, 1.54) is 11.8 Å². The van der Waals surface area contributed by atoms with Gasteiger partial charge in [-0.15, -0.1) is 0 Å². The average Bonchev–Trinajstić information content (AvgIpc) is 2.49. The lowest BCUT2D eigenvalue weighted by Gasteiger charge is -2.31. The van der Waals surface area contributed by atoms with E-state index in [-0.39, 0.29) is 32.1 Å². The van der Waals surface area contributed by atoms with Gasteiger partial charge >= 0.3 is 6.18 Å². The highest BCUT2D eigenvalue weighted by molar-refractivity contribution is 5.75. The fourth-order valence-electron chi connectivity index (χ4n) is 1.69. The first-order valence-electron chi connectivity index (χ1n) is 4.62. The second-order valence-corrected chi connectivity index (χ2v) is 3.48. The van der Waals surface area contributed by atoms with E-state index in [0.29, 0.717) is 0 Å². The minimum Gasteiger partial charge on any atom is -0.370 e. The van der Waals surface area contributed by atoms with Gasteiger partial charge in [0, 0.05) is 19.6 Å². The molecule has 1 aliphatic rings. The molecule has 7 heteroatoms. The molecule has 0 aromatic rings. The summed E-state index contributed by atoms with van der Waals surface area (Å²) < 4.78 is 43.1. The molecule has 88 valence electrons. The Morgan fingerprint density at radius 2 is 2.20 bits per heavy atom. The molecule has 1 atom stereocenters. The maximum absolute atomic E-state index is 12.8. The maximum atomic E-state index is 12.8. The fourth-order valence-corrected chi connectivity index (χ4v) is 1.69. The summed E-state index contributed by atoms with van der Waals surface area (Å²) >= 11 is 0. The van der Waals surface area contributed by atoms with Crippen LogP contribution in [0.2, 0.25) is 0 Å². The van der Waals surface area contributed by atoms with E-state index in [4.69, 9.17) is 15.9 Å². The normalized spacial score (nSPS) is 27.1. The number of nitrogens with two attached hydrogens (primary N) is 1. The minimum absolute atomic E-state index is 0.00868. The summed E-state index contributed by atoms with van der Waals surface area (Å²) in [5, 5.41) is 7.09. The van der Waals surface area contributed by atoms with Crippen molar-refractivity contribution in [2.75, 3.05) is 19.7 Å². The summed E-state index contributed by atoms with van der Waals surface area (Å²) in [4.78, 5) is 1.17. The number of hydrogen-bond acceptors (Lipinski definition) is 2. The molecule has 0 saturated carbocycles. The van der Waals surface area contributed by atoms with Crippen LogP contribution in [0.25, 0.3) is 0 Å². The van der Waals surface area contributed by atoms with Gasteiger partial charge in [0.15, 0.2) is 11.6 Å². The van der Waals surface area contributed by atoms with E-state index in [0.717, 1.165) is 0 Å². The van der Waals surface area contributed by atoms with Crippen molar-refractivity contribution in [2.24, 2.45) is 5.73 Å². The van der Waals surface area contributed by atoms with Gasteiger partial charge in [-0.05, 0) is 6.92 Å². The lowest BCUT2D eigenvalue weighted by Crippen LogP contribution is -2.51. The predicted octanol–water partition coefficient (Wildman–Crippen LogP) is 0.923. The van der Waals surface area contributed by atoms with Gasteiger partial charge in [0.2, 0.25) is 0 Å². The standard InChI is InChI=1S/C8H14F3N3O/c1-2-15-7(8(9,10)11)3-4-14(5-7)6(12)13/h2-5H2,1H3,(H3,12,13). The Bertz CT molecular complexity index is 256. The van der Waals surface area contributed by atoms with E-state index < -0.39 is 11.8 Å². The Hall–Kier alpha value is -0.980. The molecule has 0 amide bonds. The van der Waals surface area contributed by atoms with Crippen LogP contribution in [0.4, 0.5) is 13.2 Å². The highest BCUT2D eigenvalue weighted by atomic mass is 19.4.